The van der Waals surface area contributed by atoms with Gasteiger partial charge in [-0.15, -0.1) is 0 Å². The molecule has 3 N–H and O–H groups in total. The number of anilines is 1. The van der Waals surface area contributed by atoms with Crippen LogP contribution < -0.4 is 11.1 Å². The van der Waals surface area contributed by atoms with Crippen molar-refractivity contribution < 1.29 is 0 Å². The van der Waals surface area contributed by atoms with Gasteiger partial charge in [0.2, 0.25) is 0 Å². The van der Waals surface area contributed by atoms with E-state index in [-0.39, 0.29) is 0 Å². The van der Waals surface area contributed by atoms with Crippen LogP contribution in [-0.2, 0) is 0 Å². The lowest BCUT2D eigenvalue weighted by Gasteiger charge is -2.08. The third kappa shape index (κ3) is 2.43. The van der Waals surface area contributed by atoms with Crippen molar-refractivity contribution in [2.75, 3.05) is 18.4 Å². The number of nitrogens with two attached hydrogens (primary N) is 1. The fourth-order valence-electron chi connectivity index (χ4n) is 1.53. The Balaban J connectivity index is 2.32. The van der Waals surface area contributed by atoms with Gasteiger partial charge in [0.1, 0.15) is 0 Å². The molecule has 1 aromatic carbocycles. The first kappa shape index (κ1) is 11.2. The molecule has 0 bridgehead atoms. The molecule has 0 amide bonds. The summed E-state index contributed by atoms with van der Waals surface area (Å²) in [6, 6.07) is 8.71. The summed E-state index contributed by atoms with van der Waals surface area (Å²) in [7, 11) is 0. The first-order valence-electron chi connectivity index (χ1n) is 5.21. The molecule has 16 heavy (non-hydrogen) atoms. The first-order chi connectivity index (χ1) is 7.81. The SMILES string of the molecule is NCCCNc1[c]cnc2ccc(Cl)cc12. The Hall–Kier alpha value is -1.32. The van der Waals surface area contributed by atoms with Gasteiger partial charge in [-0.25, -0.2) is 0 Å². The van der Waals surface area contributed by atoms with Crippen molar-refractivity contribution in [2.24, 2.45) is 5.73 Å². The molecule has 0 aliphatic carbocycles. The van der Waals surface area contributed by atoms with Gasteiger partial charge in [-0.05, 0) is 31.2 Å². The molecule has 0 fully saturated rings. The number of rotatable bonds is 4. The quantitative estimate of drug-likeness (QED) is 0.799. The number of aromatic nitrogens is 1. The van der Waals surface area contributed by atoms with Gasteiger partial charge in [-0.1, -0.05) is 11.6 Å². The van der Waals surface area contributed by atoms with E-state index in [2.05, 4.69) is 16.4 Å². The Morgan fingerprint density at radius 1 is 1.44 bits per heavy atom. The normalized spacial score (nSPS) is 10.6. The van der Waals surface area contributed by atoms with Crippen molar-refractivity contribution in [2.45, 2.75) is 6.42 Å². The van der Waals surface area contributed by atoms with E-state index < -0.39 is 0 Å². The molecule has 2 rings (SSSR count). The zero-order valence-electron chi connectivity index (χ0n) is 8.83. The van der Waals surface area contributed by atoms with Crippen LogP contribution in [0.5, 0.6) is 0 Å². The average molecular weight is 235 g/mol. The fourth-order valence-corrected chi connectivity index (χ4v) is 1.70. The van der Waals surface area contributed by atoms with Crippen LogP contribution in [0.15, 0.2) is 24.4 Å². The van der Waals surface area contributed by atoms with Crippen LogP contribution in [0, 0.1) is 6.07 Å². The van der Waals surface area contributed by atoms with Crippen molar-refractivity contribution >= 4 is 28.2 Å². The first-order valence-corrected chi connectivity index (χ1v) is 5.59. The Bertz CT molecular complexity index is 485. The molecule has 4 heteroatoms. The van der Waals surface area contributed by atoms with Crippen molar-refractivity contribution in [1.29, 1.82) is 0 Å². The summed E-state index contributed by atoms with van der Waals surface area (Å²) in [5, 5.41) is 4.98. The molecule has 0 aliphatic rings. The van der Waals surface area contributed by atoms with E-state index in [0.29, 0.717) is 11.6 Å². The molecule has 0 spiro atoms. The lowest BCUT2D eigenvalue weighted by molar-refractivity contribution is 0.875. The highest BCUT2D eigenvalue weighted by Gasteiger charge is 2.02. The Morgan fingerprint density at radius 2 is 2.31 bits per heavy atom. The van der Waals surface area contributed by atoms with Gasteiger partial charge in [0, 0.05) is 29.2 Å². The molecule has 3 nitrogen and oxygen atoms in total. The minimum atomic E-state index is 0.677. The van der Waals surface area contributed by atoms with Gasteiger partial charge >= 0.3 is 0 Å². The van der Waals surface area contributed by atoms with Crippen LogP contribution >= 0.6 is 11.6 Å². The third-order valence-electron chi connectivity index (χ3n) is 2.32. The van der Waals surface area contributed by atoms with Gasteiger partial charge in [-0.3, -0.25) is 4.98 Å². The maximum atomic E-state index is 5.96. The van der Waals surface area contributed by atoms with E-state index >= 15 is 0 Å². The van der Waals surface area contributed by atoms with Crippen LogP contribution in [0.4, 0.5) is 5.69 Å². The van der Waals surface area contributed by atoms with Gasteiger partial charge in [0.05, 0.1) is 11.2 Å². The number of fused-ring (bicyclic) bond motifs is 1. The Kier molecular flexibility index (Phi) is 3.59. The molecule has 0 saturated carbocycles. The number of nitrogens with one attached hydrogen (secondary N) is 1. The lowest BCUT2D eigenvalue weighted by Crippen LogP contribution is -2.08. The highest BCUT2D eigenvalue weighted by atomic mass is 35.5. The third-order valence-corrected chi connectivity index (χ3v) is 2.56. The van der Waals surface area contributed by atoms with Crippen LogP contribution in [-0.4, -0.2) is 18.1 Å². The van der Waals surface area contributed by atoms with Crippen LogP contribution in [0.3, 0.4) is 0 Å². The standard InChI is InChI=1S/C12H13ClN3/c13-9-2-3-11-10(8-9)12(4-7-16-11)15-6-1-5-14/h2-3,7-8H,1,5-6,14H2,(H,15,16). The summed E-state index contributed by atoms with van der Waals surface area (Å²) in [6.45, 7) is 1.51. The summed E-state index contributed by atoms with van der Waals surface area (Å²) in [6.07, 6.45) is 2.60. The summed E-state index contributed by atoms with van der Waals surface area (Å²) >= 11 is 5.96. The second-order valence-electron chi connectivity index (χ2n) is 3.51. The van der Waals surface area contributed by atoms with Gasteiger partial charge in [-0.2, -0.15) is 0 Å². The molecule has 1 aromatic heterocycles. The lowest BCUT2D eigenvalue weighted by atomic mass is 10.2. The van der Waals surface area contributed by atoms with Crippen LogP contribution in [0.2, 0.25) is 5.02 Å². The largest absolute Gasteiger partial charge is 0.384 e. The minimum absolute atomic E-state index is 0.677. The molecule has 1 heterocycles. The number of pyridine rings is 1. The predicted octanol–water partition coefficient (Wildman–Crippen LogP) is 2.45. The molecule has 0 saturated heterocycles. The molecule has 83 valence electrons. The number of hydrogen-bond donors (Lipinski definition) is 2. The molecule has 1 radical (unpaired) electrons. The van der Waals surface area contributed by atoms with E-state index in [9.17, 15) is 0 Å². The smallest absolute Gasteiger partial charge is 0.0724 e. The molecule has 0 unspecified atom stereocenters. The highest BCUT2D eigenvalue weighted by Crippen LogP contribution is 2.24. The fraction of sp³-hybridized carbons (Fsp3) is 0.250. The number of hydrogen-bond acceptors (Lipinski definition) is 3. The maximum Gasteiger partial charge on any atom is 0.0724 e. The van der Waals surface area contributed by atoms with Crippen LogP contribution in [0.25, 0.3) is 10.9 Å². The van der Waals surface area contributed by atoms with E-state index in [1.165, 1.54) is 0 Å². The zero-order valence-corrected chi connectivity index (χ0v) is 9.59. The summed E-state index contributed by atoms with van der Waals surface area (Å²) in [5.74, 6) is 0. The summed E-state index contributed by atoms with van der Waals surface area (Å²) in [5.41, 5.74) is 7.29. The van der Waals surface area contributed by atoms with E-state index in [4.69, 9.17) is 17.3 Å². The second-order valence-corrected chi connectivity index (χ2v) is 3.94. The topological polar surface area (TPSA) is 50.9 Å². The summed E-state index contributed by atoms with van der Waals surface area (Å²) < 4.78 is 0. The number of benzene rings is 1. The Morgan fingerprint density at radius 3 is 3.12 bits per heavy atom. The van der Waals surface area contributed by atoms with Crippen molar-refractivity contribution in [3.63, 3.8) is 0 Å². The van der Waals surface area contributed by atoms with E-state index in [1.807, 2.05) is 18.2 Å². The Labute approximate surface area is 99.6 Å². The number of nitrogens with zero attached hydrogens (tertiary/aromatic N) is 1. The van der Waals surface area contributed by atoms with Crippen molar-refractivity contribution in [1.82, 2.24) is 4.98 Å². The molecule has 0 atom stereocenters. The predicted molar refractivity (Wildman–Crippen MR) is 67.8 cm³/mol. The van der Waals surface area contributed by atoms with Crippen molar-refractivity contribution in [3.8, 4) is 0 Å². The molecule has 2 aromatic rings. The number of halogens is 1. The maximum absolute atomic E-state index is 5.96. The van der Waals surface area contributed by atoms with Gasteiger partial charge in [0.25, 0.3) is 0 Å². The zero-order chi connectivity index (χ0) is 11.4. The van der Waals surface area contributed by atoms with Crippen molar-refractivity contribution in [3.05, 3.63) is 35.5 Å². The van der Waals surface area contributed by atoms with Gasteiger partial charge in [0.15, 0.2) is 0 Å². The molecule has 0 aliphatic heterocycles. The van der Waals surface area contributed by atoms with Crippen LogP contribution in [0.1, 0.15) is 6.42 Å². The summed E-state index contributed by atoms with van der Waals surface area (Å²) in [4.78, 5) is 4.23. The van der Waals surface area contributed by atoms with E-state index in [0.717, 1.165) is 29.6 Å². The molecular weight excluding hydrogens is 222 g/mol. The van der Waals surface area contributed by atoms with E-state index in [1.54, 1.807) is 6.20 Å². The average Bonchev–Trinajstić information content (AvgIpc) is 2.30. The molecular formula is C12H13ClN3. The highest BCUT2D eigenvalue weighted by molar-refractivity contribution is 6.31. The minimum Gasteiger partial charge on any atom is -0.384 e. The second kappa shape index (κ2) is 5.14. The van der Waals surface area contributed by atoms with Gasteiger partial charge < -0.3 is 11.1 Å². The monoisotopic (exact) mass is 234 g/mol.